The van der Waals surface area contributed by atoms with E-state index in [1.165, 1.54) is 11.1 Å². The van der Waals surface area contributed by atoms with Crippen molar-refractivity contribution >= 4 is 5.97 Å². The number of likely N-dealkylation sites (tertiary alicyclic amines) is 1. The maximum Gasteiger partial charge on any atom is 0.306 e. The number of carbonyl (C=O) groups is 1. The molecule has 2 bridgehead atoms. The van der Waals surface area contributed by atoms with Crippen LogP contribution in [0.1, 0.15) is 69.6 Å². The Morgan fingerprint density at radius 2 is 2.15 bits per heavy atom. The summed E-state index contributed by atoms with van der Waals surface area (Å²) in [6.07, 6.45) is 5.19. The number of aromatic hydroxyl groups is 1. The van der Waals surface area contributed by atoms with Crippen LogP contribution < -0.4 is 10.1 Å². The summed E-state index contributed by atoms with van der Waals surface area (Å²) < 4.78 is 12.0. The summed E-state index contributed by atoms with van der Waals surface area (Å²) in [5, 5.41) is 24.4. The number of nitrogens with one attached hydrogen (secondary N) is 1. The van der Waals surface area contributed by atoms with Gasteiger partial charge in [0.05, 0.1) is 6.61 Å². The number of aliphatic hydroxyl groups excluding tert-OH is 1. The molecule has 0 amide bonds. The quantitative estimate of drug-likeness (QED) is 0.446. The molecule has 1 spiro atoms. The van der Waals surface area contributed by atoms with Gasteiger partial charge in [-0.3, -0.25) is 4.79 Å². The monoisotopic (exact) mass is 458 g/mol. The lowest BCUT2D eigenvalue weighted by atomic mass is 9.51. The van der Waals surface area contributed by atoms with Crippen LogP contribution in [0.3, 0.4) is 0 Å². The van der Waals surface area contributed by atoms with Crippen LogP contribution in [-0.2, 0) is 28.0 Å². The van der Waals surface area contributed by atoms with Gasteiger partial charge < -0.3 is 29.9 Å². The number of phenols is 1. The van der Waals surface area contributed by atoms with Crippen molar-refractivity contribution in [2.45, 2.75) is 95.1 Å². The molecule has 1 aromatic rings. The third kappa shape index (κ3) is 3.63. The van der Waals surface area contributed by atoms with Gasteiger partial charge in [-0.1, -0.05) is 0 Å². The Hall–Kier alpha value is -1.83. The molecule has 3 N–H and O–H groups in total. The zero-order chi connectivity index (χ0) is 23.5. The Morgan fingerprint density at radius 1 is 1.36 bits per heavy atom. The van der Waals surface area contributed by atoms with Gasteiger partial charge in [-0.2, -0.15) is 0 Å². The largest absolute Gasteiger partial charge is 0.504 e. The van der Waals surface area contributed by atoms with Gasteiger partial charge in [0.1, 0.15) is 11.7 Å². The number of aliphatic hydroxyl groups is 1. The van der Waals surface area contributed by atoms with Crippen molar-refractivity contribution in [3.05, 3.63) is 22.8 Å². The lowest BCUT2D eigenvalue weighted by molar-refractivity contribution is -0.154. The maximum absolute atomic E-state index is 12.1. The minimum absolute atomic E-state index is 0.0390. The number of likely N-dealkylation sites (N-methyl/N-ethyl adjacent to an activating group) is 1. The molecular formula is C26H38N2O5. The van der Waals surface area contributed by atoms with E-state index >= 15 is 0 Å². The van der Waals surface area contributed by atoms with Gasteiger partial charge in [-0.15, -0.1) is 0 Å². The Morgan fingerprint density at radius 3 is 2.88 bits per heavy atom. The second-order valence-electron chi connectivity index (χ2n) is 11.4. The molecule has 2 aliphatic carbocycles. The van der Waals surface area contributed by atoms with E-state index in [-0.39, 0.29) is 35.9 Å². The summed E-state index contributed by atoms with van der Waals surface area (Å²) in [5.74, 6) is 1.07. The fourth-order valence-electron chi connectivity index (χ4n) is 7.12. The van der Waals surface area contributed by atoms with Crippen LogP contribution in [0.15, 0.2) is 6.07 Å². The summed E-state index contributed by atoms with van der Waals surface area (Å²) in [4.78, 5) is 14.6. The summed E-state index contributed by atoms with van der Waals surface area (Å²) >= 11 is 0. The molecule has 1 aromatic carbocycles. The smallest absolute Gasteiger partial charge is 0.306 e. The standard InChI is InChI=1S/C26H38N2O5/c1-25(2,3)33-20(30)6-5-10-27-18-8-7-17-19-13-15-12-16(14-29)22(31)23-21(15)26(17,24(18)32-23)9-11-28(19)4/h12,17-19,24,27,29,31H,5-11,13-14H2,1-4H3/t17-,18?,19+,24?,26-/m0/s1. The van der Waals surface area contributed by atoms with E-state index in [0.717, 1.165) is 45.2 Å². The molecule has 0 radical (unpaired) electrons. The first-order chi connectivity index (χ1) is 15.7. The second-order valence-corrected chi connectivity index (χ2v) is 11.4. The number of rotatable bonds is 6. The molecule has 4 aliphatic rings. The van der Waals surface area contributed by atoms with Crippen LogP contribution in [0.5, 0.6) is 11.5 Å². The van der Waals surface area contributed by atoms with Crippen molar-refractivity contribution < 1.29 is 24.5 Å². The highest BCUT2D eigenvalue weighted by Crippen LogP contribution is 2.64. The zero-order valence-electron chi connectivity index (χ0n) is 20.3. The summed E-state index contributed by atoms with van der Waals surface area (Å²) in [6.45, 7) is 7.23. The van der Waals surface area contributed by atoms with Crippen LogP contribution >= 0.6 is 0 Å². The molecule has 0 aromatic heterocycles. The van der Waals surface area contributed by atoms with Crippen LogP contribution in [0.4, 0.5) is 0 Å². The van der Waals surface area contributed by atoms with Crippen LogP contribution in [0, 0.1) is 5.92 Å². The second kappa shape index (κ2) is 8.14. The number of hydrogen-bond acceptors (Lipinski definition) is 7. The number of piperidine rings is 1. The van der Waals surface area contributed by atoms with Crippen molar-refractivity contribution in [1.82, 2.24) is 10.2 Å². The normalized spacial score (nSPS) is 32.3. The zero-order valence-corrected chi connectivity index (χ0v) is 20.3. The average molecular weight is 459 g/mol. The number of nitrogens with zero attached hydrogens (tertiary/aromatic N) is 1. The van der Waals surface area contributed by atoms with Gasteiger partial charge in [0.2, 0.25) is 0 Å². The van der Waals surface area contributed by atoms with E-state index in [0.29, 0.717) is 29.7 Å². The summed E-state index contributed by atoms with van der Waals surface area (Å²) in [7, 11) is 2.22. The molecule has 5 atom stereocenters. The fourth-order valence-corrected chi connectivity index (χ4v) is 7.12. The van der Waals surface area contributed by atoms with Crippen molar-refractivity contribution in [3.8, 4) is 11.5 Å². The van der Waals surface area contributed by atoms with Crippen molar-refractivity contribution in [2.75, 3.05) is 20.1 Å². The number of carbonyl (C=O) groups excluding carboxylic acids is 1. The highest BCUT2D eigenvalue weighted by molar-refractivity contribution is 5.69. The average Bonchev–Trinajstić information content (AvgIpc) is 3.10. The van der Waals surface area contributed by atoms with E-state index in [1.807, 2.05) is 26.8 Å². The minimum Gasteiger partial charge on any atom is -0.504 e. The first-order valence-electron chi connectivity index (χ1n) is 12.5. The highest BCUT2D eigenvalue weighted by atomic mass is 16.6. The Bertz CT molecular complexity index is 942. The van der Waals surface area contributed by atoms with Gasteiger partial charge in [-0.25, -0.2) is 0 Å². The molecule has 2 aliphatic heterocycles. The maximum atomic E-state index is 12.1. The van der Waals surface area contributed by atoms with Gasteiger partial charge >= 0.3 is 5.97 Å². The Kier molecular flexibility index (Phi) is 5.66. The number of ether oxygens (including phenoxy) is 2. The molecule has 5 rings (SSSR count). The van der Waals surface area contributed by atoms with E-state index < -0.39 is 5.60 Å². The first-order valence-corrected chi connectivity index (χ1v) is 12.5. The van der Waals surface area contributed by atoms with Crippen molar-refractivity contribution in [2.24, 2.45) is 5.92 Å². The third-order valence-electron chi connectivity index (χ3n) is 8.34. The fraction of sp³-hybridized carbons (Fsp3) is 0.731. The van der Waals surface area contributed by atoms with E-state index in [1.54, 1.807) is 0 Å². The SMILES string of the molecule is CN1CC[C@]23c4c5cc(CO)c(O)c4OC2C(NCCCC(=O)OC(C)(C)C)CC[C@H]3[C@H]1C5. The van der Waals surface area contributed by atoms with Crippen molar-refractivity contribution in [1.29, 1.82) is 0 Å². The predicted molar refractivity (Wildman–Crippen MR) is 124 cm³/mol. The molecule has 1 saturated heterocycles. The molecule has 33 heavy (non-hydrogen) atoms. The topological polar surface area (TPSA) is 91.3 Å². The molecule has 7 heteroatoms. The van der Waals surface area contributed by atoms with E-state index in [2.05, 4.69) is 17.3 Å². The summed E-state index contributed by atoms with van der Waals surface area (Å²) in [6, 6.07) is 2.63. The molecular weight excluding hydrogens is 420 g/mol. The molecule has 2 fully saturated rings. The molecule has 2 heterocycles. The molecule has 182 valence electrons. The molecule has 2 unspecified atom stereocenters. The van der Waals surface area contributed by atoms with Crippen LogP contribution in [0.25, 0.3) is 0 Å². The Labute approximate surface area is 196 Å². The Balaban J connectivity index is 1.37. The van der Waals surface area contributed by atoms with Gasteiger partial charge in [0.15, 0.2) is 11.5 Å². The lowest BCUT2D eigenvalue weighted by Gasteiger charge is -2.59. The lowest BCUT2D eigenvalue weighted by Crippen LogP contribution is -2.68. The molecule has 1 saturated carbocycles. The van der Waals surface area contributed by atoms with Gasteiger partial charge in [-0.05, 0) is 90.6 Å². The summed E-state index contributed by atoms with van der Waals surface area (Å²) in [5.41, 5.74) is 2.45. The van der Waals surface area contributed by atoms with Crippen molar-refractivity contribution in [3.63, 3.8) is 0 Å². The van der Waals surface area contributed by atoms with E-state index in [4.69, 9.17) is 9.47 Å². The van der Waals surface area contributed by atoms with Gasteiger partial charge in [0.25, 0.3) is 0 Å². The predicted octanol–water partition coefficient (Wildman–Crippen LogP) is 2.63. The first kappa shape index (κ1) is 22.9. The highest BCUT2D eigenvalue weighted by Gasteiger charge is 2.65. The van der Waals surface area contributed by atoms with Crippen LogP contribution in [-0.4, -0.2) is 65.0 Å². The number of hydrogen-bond donors (Lipinski definition) is 3. The minimum atomic E-state index is -0.454. The van der Waals surface area contributed by atoms with E-state index in [9.17, 15) is 15.0 Å². The number of benzene rings is 1. The van der Waals surface area contributed by atoms with Crippen LogP contribution in [0.2, 0.25) is 0 Å². The third-order valence-corrected chi connectivity index (χ3v) is 8.34. The van der Waals surface area contributed by atoms with Gasteiger partial charge in [0, 0.05) is 35.0 Å². The molecule has 7 nitrogen and oxygen atoms in total. The number of esters is 1.